The molecule has 0 radical (unpaired) electrons. The van der Waals surface area contributed by atoms with Crippen molar-refractivity contribution in [3.05, 3.63) is 23.3 Å². The van der Waals surface area contributed by atoms with E-state index < -0.39 is 0 Å². The van der Waals surface area contributed by atoms with Crippen LogP contribution in [0.1, 0.15) is 39.0 Å². The van der Waals surface area contributed by atoms with Gasteiger partial charge in [-0.05, 0) is 43.6 Å². The Hall–Kier alpha value is 0.210. The first kappa shape index (κ1) is 9.75. The van der Waals surface area contributed by atoms with E-state index in [2.05, 4.69) is 41.7 Å². The predicted molar refractivity (Wildman–Crippen MR) is 66.2 cm³/mol. The summed E-state index contributed by atoms with van der Waals surface area (Å²) >= 11 is 2.63. The second-order valence-corrected chi connectivity index (χ2v) is 5.85. The van der Waals surface area contributed by atoms with E-state index >= 15 is 0 Å². The third kappa shape index (κ3) is 2.17. The second kappa shape index (κ2) is 4.16. The fourth-order valence-corrected chi connectivity index (χ4v) is 3.35. The summed E-state index contributed by atoms with van der Waals surface area (Å²) in [6.45, 7) is 2.39. The van der Waals surface area contributed by atoms with E-state index in [9.17, 15) is 0 Å². The van der Waals surface area contributed by atoms with Gasteiger partial charge in [0.05, 0.1) is 0 Å². The topological polar surface area (TPSA) is 0 Å². The van der Waals surface area contributed by atoms with Crippen LogP contribution in [0.15, 0.2) is 23.3 Å². The third-order valence-electron chi connectivity index (χ3n) is 3.17. The van der Waals surface area contributed by atoms with E-state index in [1.165, 1.54) is 32.1 Å². The first-order valence-electron chi connectivity index (χ1n) is 5.30. The molecule has 72 valence electrons. The minimum Gasteiger partial charge on any atom is -0.0842 e. The van der Waals surface area contributed by atoms with Gasteiger partial charge in [-0.25, -0.2) is 0 Å². The first-order valence-corrected chi connectivity index (χ1v) is 6.54. The number of allylic oxidation sites excluding steroid dienone is 4. The van der Waals surface area contributed by atoms with Gasteiger partial charge in [-0.2, -0.15) is 0 Å². The number of rotatable bonds is 0. The van der Waals surface area contributed by atoms with Crippen LogP contribution in [-0.2, 0) is 0 Å². The highest BCUT2D eigenvalue weighted by Crippen LogP contribution is 2.37. The zero-order valence-corrected chi connectivity index (χ0v) is 10.4. The maximum absolute atomic E-state index is 2.63. The SMILES string of the molecule is C[C@@H]1CCC2=C(C1)C(I)CCC=C2. The average Bonchev–Trinajstić information content (AvgIpc) is 2.29. The van der Waals surface area contributed by atoms with Gasteiger partial charge < -0.3 is 0 Å². The number of hydrogen-bond acceptors (Lipinski definition) is 0. The van der Waals surface area contributed by atoms with E-state index in [0.717, 1.165) is 9.84 Å². The molecule has 0 aromatic heterocycles. The van der Waals surface area contributed by atoms with E-state index in [1.54, 1.807) is 11.1 Å². The van der Waals surface area contributed by atoms with Gasteiger partial charge in [0.1, 0.15) is 0 Å². The zero-order valence-electron chi connectivity index (χ0n) is 8.22. The maximum Gasteiger partial charge on any atom is 0.0327 e. The van der Waals surface area contributed by atoms with Crippen LogP contribution in [-0.4, -0.2) is 3.92 Å². The van der Waals surface area contributed by atoms with Crippen molar-refractivity contribution in [2.45, 2.75) is 43.0 Å². The molecule has 0 N–H and O–H groups in total. The van der Waals surface area contributed by atoms with Crippen molar-refractivity contribution in [3.8, 4) is 0 Å². The third-order valence-corrected chi connectivity index (χ3v) is 4.55. The molecule has 0 aromatic carbocycles. The highest BCUT2D eigenvalue weighted by Gasteiger charge is 2.22. The van der Waals surface area contributed by atoms with Gasteiger partial charge in [0.25, 0.3) is 0 Å². The molecule has 0 fully saturated rings. The summed E-state index contributed by atoms with van der Waals surface area (Å²) in [6, 6.07) is 0. The highest BCUT2D eigenvalue weighted by atomic mass is 127. The van der Waals surface area contributed by atoms with Crippen LogP contribution in [0.5, 0.6) is 0 Å². The molecule has 2 aliphatic rings. The van der Waals surface area contributed by atoms with Gasteiger partial charge in [0.2, 0.25) is 0 Å². The Morgan fingerprint density at radius 2 is 2.23 bits per heavy atom. The summed E-state index contributed by atoms with van der Waals surface area (Å²) < 4.78 is 0.811. The molecular weight excluding hydrogens is 271 g/mol. The lowest BCUT2D eigenvalue weighted by Crippen LogP contribution is -2.13. The first-order chi connectivity index (χ1) is 6.27. The lowest BCUT2D eigenvalue weighted by molar-refractivity contribution is 0.493. The Balaban J connectivity index is 2.25. The van der Waals surface area contributed by atoms with Crippen molar-refractivity contribution in [1.29, 1.82) is 0 Å². The number of halogens is 1. The summed E-state index contributed by atoms with van der Waals surface area (Å²) in [7, 11) is 0. The lowest BCUT2D eigenvalue weighted by Gasteiger charge is -2.25. The molecule has 0 aliphatic heterocycles. The summed E-state index contributed by atoms with van der Waals surface area (Å²) in [4.78, 5) is 0. The fourth-order valence-electron chi connectivity index (χ4n) is 2.33. The smallest absolute Gasteiger partial charge is 0.0327 e. The van der Waals surface area contributed by atoms with Crippen molar-refractivity contribution in [2.24, 2.45) is 5.92 Å². The molecule has 0 heterocycles. The van der Waals surface area contributed by atoms with Crippen LogP contribution in [0.4, 0.5) is 0 Å². The summed E-state index contributed by atoms with van der Waals surface area (Å²) in [5.41, 5.74) is 3.42. The van der Waals surface area contributed by atoms with Gasteiger partial charge in [-0.1, -0.05) is 47.2 Å². The number of alkyl halides is 1. The summed E-state index contributed by atoms with van der Waals surface area (Å²) in [5, 5.41) is 0. The van der Waals surface area contributed by atoms with Crippen LogP contribution in [0, 0.1) is 5.92 Å². The van der Waals surface area contributed by atoms with Gasteiger partial charge in [-0.3, -0.25) is 0 Å². The molecule has 1 unspecified atom stereocenters. The summed E-state index contributed by atoms with van der Waals surface area (Å²) in [6.07, 6.45) is 11.5. The molecule has 2 rings (SSSR count). The molecule has 1 heteroatoms. The second-order valence-electron chi connectivity index (χ2n) is 4.35. The molecule has 0 saturated heterocycles. The minimum atomic E-state index is 0.811. The highest BCUT2D eigenvalue weighted by molar-refractivity contribution is 14.1. The van der Waals surface area contributed by atoms with Crippen molar-refractivity contribution in [3.63, 3.8) is 0 Å². The average molecular weight is 288 g/mol. The monoisotopic (exact) mass is 288 g/mol. The van der Waals surface area contributed by atoms with Crippen LogP contribution in [0.3, 0.4) is 0 Å². The summed E-state index contributed by atoms with van der Waals surface area (Å²) in [5.74, 6) is 0.919. The van der Waals surface area contributed by atoms with E-state index in [0.29, 0.717) is 0 Å². The largest absolute Gasteiger partial charge is 0.0842 e. The Morgan fingerprint density at radius 1 is 1.38 bits per heavy atom. The quantitative estimate of drug-likeness (QED) is 0.461. The van der Waals surface area contributed by atoms with Gasteiger partial charge >= 0.3 is 0 Å². The molecule has 13 heavy (non-hydrogen) atoms. The molecule has 0 bridgehead atoms. The minimum absolute atomic E-state index is 0.811. The lowest BCUT2D eigenvalue weighted by atomic mass is 9.83. The van der Waals surface area contributed by atoms with Crippen molar-refractivity contribution in [2.75, 3.05) is 0 Å². The molecule has 0 nitrogen and oxygen atoms in total. The molecule has 0 aromatic rings. The van der Waals surface area contributed by atoms with Gasteiger partial charge in [0.15, 0.2) is 0 Å². The Morgan fingerprint density at radius 3 is 3.08 bits per heavy atom. The Labute approximate surface area is 94.6 Å². The molecule has 2 atom stereocenters. The number of hydrogen-bond donors (Lipinski definition) is 0. The molecular formula is C12H17I. The van der Waals surface area contributed by atoms with E-state index in [-0.39, 0.29) is 0 Å². The van der Waals surface area contributed by atoms with E-state index in [1.807, 2.05) is 0 Å². The zero-order chi connectivity index (χ0) is 9.26. The molecule has 0 saturated carbocycles. The maximum atomic E-state index is 2.63. The Kier molecular flexibility index (Phi) is 3.12. The van der Waals surface area contributed by atoms with Crippen molar-refractivity contribution < 1.29 is 0 Å². The van der Waals surface area contributed by atoms with Crippen LogP contribution < -0.4 is 0 Å². The molecule has 2 aliphatic carbocycles. The molecule has 0 spiro atoms. The van der Waals surface area contributed by atoms with Crippen molar-refractivity contribution >= 4 is 22.6 Å². The van der Waals surface area contributed by atoms with E-state index in [4.69, 9.17) is 0 Å². The van der Waals surface area contributed by atoms with Crippen molar-refractivity contribution in [1.82, 2.24) is 0 Å². The van der Waals surface area contributed by atoms with Gasteiger partial charge in [0, 0.05) is 3.92 Å². The van der Waals surface area contributed by atoms with Gasteiger partial charge in [-0.15, -0.1) is 0 Å². The predicted octanol–water partition coefficient (Wildman–Crippen LogP) is 4.26. The standard InChI is InChI=1S/C12H17I/c1-9-6-7-10-4-2-3-5-12(13)11(10)8-9/h2,4,9,12H,3,5-8H2,1H3/t9-,12?/m1/s1. The van der Waals surface area contributed by atoms with Crippen LogP contribution >= 0.6 is 22.6 Å². The Bertz CT molecular complexity index is 250. The normalized spacial score (nSPS) is 34.3. The van der Waals surface area contributed by atoms with Crippen LogP contribution in [0.25, 0.3) is 0 Å². The van der Waals surface area contributed by atoms with Crippen LogP contribution in [0.2, 0.25) is 0 Å². The molecule has 0 amide bonds. The fraction of sp³-hybridized carbons (Fsp3) is 0.667.